The lowest BCUT2D eigenvalue weighted by molar-refractivity contribution is -0.150. The van der Waals surface area contributed by atoms with Crippen LogP contribution < -0.4 is 16.4 Å². The van der Waals surface area contributed by atoms with Gasteiger partial charge >= 0.3 is 5.76 Å². The van der Waals surface area contributed by atoms with Crippen LogP contribution in [0.2, 0.25) is 0 Å². The molecule has 1 atom stereocenters. The largest absolute Gasteiger partial charge is 0.419 e. The van der Waals surface area contributed by atoms with Gasteiger partial charge in [-0.1, -0.05) is 6.07 Å². The molecule has 1 aromatic carbocycles. The molecule has 4 heterocycles. The topological polar surface area (TPSA) is 144 Å². The van der Waals surface area contributed by atoms with E-state index in [-0.39, 0.29) is 35.0 Å². The van der Waals surface area contributed by atoms with Crippen LogP contribution in [0.1, 0.15) is 47.3 Å². The van der Waals surface area contributed by atoms with Crippen LogP contribution in [-0.4, -0.2) is 59.9 Å². The Bertz CT molecular complexity index is 1640. The molecule has 1 fully saturated rings. The summed E-state index contributed by atoms with van der Waals surface area (Å²) in [5.41, 5.74) is 0.628. The summed E-state index contributed by atoms with van der Waals surface area (Å²) >= 11 is 0. The molecule has 4 aromatic rings. The highest BCUT2D eigenvalue weighted by molar-refractivity contribution is 6.01. The van der Waals surface area contributed by atoms with E-state index in [4.69, 9.17) is 4.42 Å². The van der Waals surface area contributed by atoms with Crippen LogP contribution in [0.5, 0.6) is 0 Å². The molecule has 3 amide bonds. The number of benzene rings is 1. The summed E-state index contributed by atoms with van der Waals surface area (Å²) in [4.78, 5) is 55.8. The second-order valence-electron chi connectivity index (χ2n) is 9.81. The fraction of sp³-hybridized carbons (Fsp3) is 0.333. The van der Waals surface area contributed by atoms with Crippen LogP contribution in [-0.2, 0) is 18.4 Å². The minimum Gasteiger partial charge on any atom is -0.408 e. The lowest BCUT2D eigenvalue weighted by Crippen LogP contribution is -2.68. The smallest absolute Gasteiger partial charge is 0.408 e. The molecule has 0 saturated carbocycles. The van der Waals surface area contributed by atoms with Gasteiger partial charge < -0.3 is 20.0 Å². The third-order valence-corrected chi connectivity index (χ3v) is 6.25. The number of oxazole rings is 1. The molecule has 37 heavy (non-hydrogen) atoms. The summed E-state index contributed by atoms with van der Waals surface area (Å²) in [6.45, 7) is 6.07. The Morgan fingerprint density at radius 3 is 2.65 bits per heavy atom. The van der Waals surface area contributed by atoms with E-state index < -0.39 is 29.4 Å². The second-order valence-corrected chi connectivity index (χ2v) is 9.81. The van der Waals surface area contributed by atoms with Gasteiger partial charge in [-0.05, 0) is 38.5 Å². The first-order valence-electron chi connectivity index (χ1n) is 11.5. The maximum Gasteiger partial charge on any atom is 0.419 e. The van der Waals surface area contributed by atoms with Crippen molar-refractivity contribution in [2.45, 2.75) is 38.9 Å². The van der Waals surface area contributed by atoms with Gasteiger partial charge in [0.1, 0.15) is 17.4 Å². The van der Waals surface area contributed by atoms with E-state index in [9.17, 15) is 23.6 Å². The summed E-state index contributed by atoms with van der Waals surface area (Å²) in [6, 6.07) is 5.46. The standard InChI is InChI=1S/C24H24FN7O5/c1-24(2,3)31-11-15(22(31)35)29-21(34)17-8-14(28-19-13(25)10-27-32(17)19)20(33)26-9-12-5-6-18-16(7-12)30(4)23(36)37-18/h5-8,10,15H,9,11H2,1-4H3,(H,26,33)(H,29,34)/t15-/m0/s1. The number of hydrogen-bond donors (Lipinski definition) is 2. The van der Waals surface area contributed by atoms with Gasteiger partial charge in [-0.2, -0.15) is 5.10 Å². The van der Waals surface area contributed by atoms with Gasteiger partial charge in [-0.25, -0.2) is 18.7 Å². The number of hydrogen-bond acceptors (Lipinski definition) is 7. The molecule has 1 aliphatic heterocycles. The third-order valence-electron chi connectivity index (χ3n) is 6.25. The van der Waals surface area contributed by atoms with E-state index in [0.29, 0.717) is 23.2 Å². The van der Waals surface area contributed by atoms with Crippen molar-refractivity contribution < 1.29 is 23.2 Å². The molecule has 2 N–H and O–H groups in total. The first-order chi connectivity index (χ1) is 17.4. The van der Waals surface area contributed by atoms with Crippen LogP contribution in [0.25, 0.3) is 16.7 Å². The summed E-state index contributed by atoms with van der Waals surface area (Å²) in [5, 5.41) is 9.15. The number of likely N-dealkylation sites (tertiary alicyclic amines) is 1. The summed E-state index contributed by atoms with van der Waals surface area (Å²) in [6.07, 6.45) is 0.890. The molecule has 12 nitrogen and oxygen atoms in total. The van der Waals surface area contributed by atoms with E-state index >= 15 is 0 Å². The molecule has 13 heteroatoms. The second kappa shape index (κ2) is 8.54. The summed E-state index contributed by atoms with van der Waals surface area (Å²) in [7, 11) is 1.57. The van der Waals surface area contributed by atoms with E-state index in [1.807, 2.05) is 20.8 Å². The molecule has 5 rings (SSSR count). The van der Waals surface area contributed by atoms with Crippen LogP contribution in [0.3, 0.4) is 0 Å². The zero-order valence-corrected chi connectivity index (χ0v) is 20.5. The Labute approximate surface area is 209 Å². The molecule has 192 valence electrons. The molecule has 0 bridgehead atoms. The highest BCUT2D eigenvalue weighted by Gasteiger charge is 2.43. The third kappa shape index (κ3) is 4.21. The minimum absolute atomic E-state index is 0.0729. The molecule has 1 saturated heterocycles. The zero-order valence-electron chi connectivity index (χ0n) is 20.5. The van der Waals surface area contributed by atoms with Crippen LogP contribution in [0.4, 0.5) is 4.39 Å². The predicted octanol–water partition coefficient (Wildman–Crippen LogP) is 0.982. The maximum absolute atomic E-state index is 14.3. The average molecular weight is 509 g/mol. The first-order valence-corrected chi connectivity index (χ1v) is 11.5. The van der Waals surface area contributed by atoms with Crippen molar-refractivity contribution in [1.82, 2.24) is 34.7 Å². The number of β-lactam (4-membered cyclic amide) rings is 1. The Balaban J connectivity index is 1.36. The van der Waals surface area contributed by atoms with Crippen molar-refractivity contribution in [1.29, 1.82) is 0 Å². The molecule has 0 aliphatic carbocycles. The Kier molecular flexibility index (Phi) is 5.57. The molecule has 0 unspecified atom stereocenters. The molecule has 3 aromatic heterocycles. The number of rotatable bonds is 5. The molecule has 1 aliphatic rings. The number of fused-ring (bicyclic) bond motifs is 2. The summed E-state index contributed by atoms with van der Waals surface area (Å²) < 4.78 is 21.8. The SMILES string of the molecule is Cn1c(=O)oc2ccc(CNC(=O)c3cc(C(=O)N[C@H]4CN(C(C)(C)C)C4=O)n4ncc(F)c4n3)cc21. The Morgan fingerprint density at radius 2 is 1.95 bits per heavy atom. The minimum atomic E-state index is -0.811. The number of carbonyl (C=O) groups is 3. The number of carbonyl (C=O) groups excluding carboxylic acids is 3. The maximum atomic E-state index is 14.3. The van der Waals surface area contributed by atoms with E-state index in [1.54, 1.807) is 30.1 Å². The van der Waals surface area contributed by atoms with Crippen molar-refractivity contribution in [2.75, 3.05) is 6.54 Å². The van der Waals surface area contributed by atoms with Gasteiger partial charge in [-0.15, -0.1) is 0 Å². The number of nitrogens with one attached hydrogen (secondary N) is 2. The van der Waals surface area contributed by atoms with Gasteiger partial charge in [0.2, 0.25) is 5.91 Å². The van der Waals surface area contributed by atoms with Crippen molar-refractivity contribution in [3.8, 4) is 0 Å². The lowest BCUT2D eigenvalue weighted by atomic mass is 9.96. The highest BCUT2D eigenvalue weighted by Crippen LogP contribution is 2.23. The first kappa shape index (κ1) is 24.2. The van der Waals surface area contributed by atoms with Gasteiger partial charge in [-0.3, -0.25) is 19.0 Å². The number of aryl methyl sites for hydroxylation is 1. The van der Waals surface area contributed by atoms with Crippen molar-refractivity contribution in [3.05, 3.63) is 63.8 Å². The number of halogens is 1. The number of nitrogens with zero attached hydrogens (tertiary/aromatic N) is 5. The van der Waals surface area contributed by atoms with Crippen LogP contribution in [0.15, 0.2) is 39.7 Å². The summed E-state index contributed by atoms with van der Waals surface area (Å²) in [5.74, 6) is -2.90. The molecular formula is C24H24FN7O5. The highest BCUT2D eigenvalue weighted by atomic mass is 19.1. The predicted molar refractivity (Wildman–Crippen MR) is 128 cm³/mol. The van der Waals surface area contributed by atoms with Crippen LogP contribution in [0, 0.1) is 5.82 Å². The molecular weight excluding hydrogens is 485 g/mol. The van der Waals surface area contributed by atoms with Gasteiger partial charge in [0, 0.05) is 25.2 Å². The van der Waals surface area contributed by atoms with E-state index in [0.717, 1.165) is 10.7 Å². The average Bonchev–Trinajstić information content (AvgIpc) is 3.36. The van der Waals surface area contributed by atoms with Crippen LogP contribution >= 0.6 is 0 Å². The molecule has 0 spiro atoms. The van der Waals surface area contributed by atoms with E-state index in [1.165, 1.54) is 10.6 Å². The van der Waals surface area contributed by atoms with E-state index in [2.05, 4.69) is 20.7 Å². The van der Waals surface area contributed by atoms with Gasteiger partial charge in [0.05, 0.1) is 18.3 Å². The normalized spacial score (nSPS) is 15.8. The van der Waals surface area contributed by atoms with Gasteiger partial charge in [0.25, 0.3) is 11.8 Å². The number of amides is 3. The lowest BCUT2D eigenvalue weighted by Gasteiger charge is -2.47. The van der Waals surface area contributed by atoms with Gasteiger partial charge in [0.15, 0.2) is 17.0 Å². The van der Waals surface area contributed by atoms with Crippen molar-refractivity contribution in [3.63, 3.8) is 0 Å². The van der Waals surface area contributed by atoms with Crippen molar-refractivity contribution >= 4 is 34.5 Å². The Hall–Kier alpha value is -4.55. The quantitative estimate of drug-likeness (QED) is 0.382. The Morgan fingerprint density at radius 1 is 1.19 bits per heavy atom. The zero-order chi connectivity index (χ0) is 26.6. The number of aromatic nitrogens is 4. The fourth-order valence-corrected chi connectivity index (χ4v) is 4.14. The monoisotopic (exact) mass is 509 g/mol. The van der Waals surface area contributed by atoms with Crippen molar-refractivity contribution in [2.24, 2.45) is 7.05 Å². The fourth-order valence-electron chi connectivity index (χ4n) is 4.14. The molecule has 0 radical (unpaired) electrons.